The number of aromatic amines is 1. The highest BCUT2D eigenvalue weighted by Gasteiger charge is 2.43. The number of aromatic nitrogens is 1. The van der Waals surface area contributed by atoms with Gasteiger partial charge in [-0.05, 0) is 41.8 Å². The number of carbonyl (C=O) groups excluding carboxylic acids is 2. The van der Waals surface area contributed by atoms with Gasteiger partial charge in [0.1, 0.15) is 0 Å². The molecule has 5 rings (SSSR count). The fourth-order valence-electron chi connectivity index (χ4n) is 4.73. The number of carbonyl (C=O) groups is 2. The number of fused-ring (bicyclic) bond motifs is 2. The maximum Gasteiger partial charge on any atom is 0.254 e. The van der Waals surface area contributed by atoms with Crippen LogP contribution in [0, 0.1) is 0 Å². The topological polar surface area (TPSA) is 65.2 Å². The third-order valence-corrected chi connectivity index (χ3v) is 6.43. The Labute approximate surface area is 187 Å². The van der Waals surface area contributed by atoms with Gasteiger partial charge < -0.3 is 15.2 Å². The second-order valence-electron chi connectivity index (χ2n) is 8.26. The first-order chi connectivity index (χ1) is 15.6. The van der Waals surface area contributed by atoms with Crippen molar-refractivity contribution in [2.75, 3.05) is 12.4 Å². The van der Waals surface area contributed by atoms with Crippen LogP contribution < -0.4 is 5.32 Å². The van der Waals surface area contributed by atoms with E-state index in [0.717, 1.165) is 34.1 Å². The number of nitrogens with one attached hydrogen (secondary N) is 2. The summed E-state index contributed by atoms with van der Waals surface area (Å²) in [5.74, 6) is -0.748. The van der Waals surface area contributed by atoms with E-state index < -0.39 is 12.0 Å². The quantitative estimate of drug-likeness (QED) is 0.469. The molecule has 2 atom stereocenters. The van der Waals surface area contributed by atoms with Crippen molar-refractivity contribution in [3.05, 3.63) is 101 Å². The van der Waals surface area contributed by atoms with Crippen molar-refractivity contribution >= 4 is 28.4 Å². The molecule has 0 aliphatic carbocycles. The molecule has 4 aromatic rings. The van der Waals surface area contributed by atoms with E-state index in [0.29, 0.717) is 5.56 Å². The van der Waals surface area contributed by atoms with E-state index in [2.05, 4.69) is 17.2 Å². The van der Waals surface area contributed by atoms with Gasteiger partial charge in [-0.15, -0.1) is 0 Å². The predicted molar refractivity (Wildman–Crippen MR) is 127 cm³/mol. The van der Waals surface area contributed by atoms with Crippen LogP contribution in [0.4, 0.5) is 5.69 Å². The summed E-state index contributed by atoms with van der Waals surface area (Å²) in [7, 11) is 1.78. The first-order valence-corrected chi connectivity index (χ1v) is 10.9. The number of hydrogen-bond donors (Lipinski definition) is 2. The molecule has 0 bridgehead atoms. The lowest BCUT2D eigenvalue weighted by Gasteiger charge is -2.39. The first kappa shape index (κ1) is 20.1. The molecule has 0 spiro atoms. The molecule has 1 aliphatic heterocycles. The first-order valence-electron chi connectivity index (χ1n) is 10.9. The van der Waals surface area contributed by atoms with Gasteiger partial charge >= 0.3 is 0 Å². The molecule has 2 N–H and O–H groups in total. The summed E-state index contributed by atoms with van der Waals surface area (Å²) in [6.45, 7) is 2.10. The Morgan fingerprint density at radius 3 is 2.47 bits per heavy atom. The molecule has 5 heteroatoms. The molecule has 1 aromatic heterocycles. The summed E-state index contributed by atoms with van der Waals surface area (Å²) in [5.41, 5.74) is 5.22. The molecule has 0 radical (unpaired) electrons. The molecule has 0 saturated heterocycles. The van der Waals surface area contributed by atoms with Crippen LogP contribution in [0.3, 0.4) is 0 Å². The summed E-state index contributed by atoms with van der Waals surface area (Å²) in [6.07, 6.45) is 2.86. The van der Waals surface area contributed by atoms with Gasteiger partial charge in [0, 0.05) is 41.0 Å². The van der Waals surface area contributed by atoms with Gasteiger partial charge in [0.15, 0.2) is 0 Å². The number of rotatable bonds is 4. The van der Waals surface area contributed by atoms with Crippen LogP contribution in [0.15, 0.2) is 79.0 Å². The molecule has 0 unspecified atom stereocenters. The molecule has 0 fully saturated rings. The molecule has 32 heavy (non-hydrogen) atoms. The lowest BCUT2D eigenvalue weighted by molar-refractivity contribution is -0.119. The third-order valence-electron chi connectivity index (χ3n) is 6.43. The summed E-state index contributed by atoms with van der Waals surface area (Å²) >= 11 is 0. The number of nitrogens with zero attached hydrogens (tertiary/aromatic N) is 1. The number of para-hydroxylation sites is 1. The molecule has 160 valence electrons. The molecule has 1 aliphatic rings. The van der Waals surface area contributed by atoms with Crippen molar-refractivity contribution in [3.63, 3.8) is 0 Å². The molecule has 2 amide bonds. The Bertz CT molecular complexity index is 1310. The third kappa shape index (κ3) is 3.26. The number of anilines is 1. The fourth-order valence-corrected chi connectivity index (χ4v) is 4.73. The summed E-state index contributed by atoms with van der Waals surface area (Å²) < 4.78 is 0. The molecule has 5 nitrogen and oxygen atoms in total. The number of amides is 2. The highest BCUT2D eigenvalue weighted by Crippen LogP contribution is 2.44. The van der Waals surface area contributed by atoms with Crippen LogP contribution in [0.1, 0.15) is 45.9 Å². The number of H-pyrrole nitrogens is 1. The smallest absolute Gasteiger partial charge is 0.254 e. The van der Waals surface area contributed by atoms with E-state index in [1.54, 1.807) is 18.0 Å². The van der Waals surface area contributed by atoms with Crippen LogP contribution in [-0.2, 0) is 11.2 Å². The zero-order valence-corrected chi connectivity index (χ0v) is 18.1. The van der Waals surface area contributed by atoms with Crippen LogP contribution >= 0.6 is 0 Å². The van der Waals surface area contributed by atoms with Gasteiger partial charge in [0.05, 0.1) is 12.0 Å². The standard InChI is InChI=1S/C27H25N3O2/c1-3-17-12-14-18(15-13-17)29-26(31)24-20-9-4-5-10-21(20)27(32)30(2)25(24)22-16-28-23-11-7-6-8-19(22)23/h4-16,24-25,28H,3H2,1-2H3,(H,29,31)/t24-,25+/m0/s1. The maximum atomic E-state index is 13.7. The Morgan fingerprint density at radius 2 is 1.69 bits per heavy atom. The second-order valence-corrected chi connectivity index (χ2v) is 8.26. The van der Waals surface area contributed by atoms with E-state index in [1.807, 2.05) is 72.9 Å². The minimum Gasteiger partial charge on any atom is -0.361 e. The molecule has 2 heterocycles. The van der Waals surface area contributed by atoms with Gasteiger partial charge in [-0.3, -0.25) is 9.59 Å². The average Bonchev–Trinajstić information content (AvgIpc) is 3.25. The zero-order chi connectivity index (χ0) is 22.2. The Balaban J connectivity index is 1.61. The van der Waals surface area contributed by atoms with Gasteiger partial charge in [-0.25, -0.2) is 0 Å². The highest BCUT2D eigenvalue weighted by molar-refractivity contribution is 6.05. The van der Waals surface area contributed by atoms with E-state index >= 15 is 0 Å². The van der Waals surface area contributed by atoms with E-state index in [4.69, 9.17) is 0 Å². The van der Waals surface area contributed by atoms with E-state index in [9.17, 15) is 9.59 Å². The Kier molecular flexibility index (Phi) is 5.02. The van der Waals surface area contributed by atoms with Gasteiger partial charge in [0.2, 0.25) is 5.91 Å². The van der Waals surface area contributed by atoms with Crippen molar-refractivity contribution in [2.24, 2.45) is 0 Å². The van der Waals surface area contributed by atoms with Gasteiger partial charge in [-0.1, -0.05) is 55.5 Å². The SMILES string of the molecule is CCc1ccc(NC(=O)[C@H]2c3ccccc3C(=O)N(C)[C@@H]2c2c[nH]c3ccccc23)cc1. The number of likely N-dealkylation sites (N-methyl/N-ethyl adjacent to an activating group) is 1. The fraction of sp³-hybridized carbons (Fsp3) is 0.185. The van der Waals surface area contributed by atoms with Crippen LogP contribution in [0.5, 0.6) is 0 Å². The van der Waals surface area contributed by atoms with Crippen LogP contribution in [0.2, 0.25) is 0 Å². The normalized spacial score (nSPS) is 17.9. The Morgan fingerprint density at radius 1 is 0.969 bits per heavy atom. The lowest BCUT2D eigenvalue weighted by Crippen LogP contribution is -2.44. The largest absolute Gasteiger partial charge is 0.361 e. The molecular weight excluding hydrogens is 398 g/mol. The van der Waals surface area contributed by atoms with Gasteiger partial charge in [-0.2, -0.15) is 0 Å². The van der Waals surface area contributed by atoms with Gasteiger partial charge in [0.25, 0.3) is 5.91 Å². The monoisotopic (exact) mass is 423 g/mol. The molecular formula is C27H25N3O2. The van der Waals surface area contributed by atoms with E-state index in [1.165, 1.54) is 5.56 Å². The van der Waals surface area contributed by atoms with Crippen molar-refractivity contribution in [1.29, 1.82) is 0 Å². The highest BCUT2D eigenvalue weighted by atomic mass is 16.2. The minimum absolute atomic E-state index is 0.0766. The number of aryl methyl sites for hydroxylation is 1. The molecule has 3 aromatic carbocycles. The number of benzene rings is 3. The maximum absolute atomic E-state index is 13.7. The second kappa shape index (κ2) is 8.00. The van der Waals surface area contributed by atoms with Crippen LogP contribution in [-0.4, -0.2) is 28.7 Å². The minimum atomic E-state index is -0.543. The summed E-state index contributed by atoms with van der Waals surface area (Å²) in [6, 6.07) is 22.9. The van der Waals surface area contributed by atoms with Crippen molar-refractivity contribution < 1.29 is 9.59 Å². The van der Waals surface area contributed by atoms with Crippen molar-refractivity contribution in [3.8, 4) is 0 Å². The van der Waals surface area contributed by atoms with E-state index in [-0.39, 0.29) is 11.8 Å². The summed E-state index contributed by atoms with van der Waals surface area (Å²) in [4.78, 5) is 32.0. The molecule has 0 saturated carbocycles. The predicted octanol–water partition coefficient (Wildman–Crippen LogP) is 5.28. The lowest BCUT2D eigenvalue weighted by atomic mass is 9.79. The van der Waals surface area contributed by atoms with Crippen molar-refractivity contribution in [2.45, 2.75) is 25.3 Å². The van der Waals surface area contributed by atoms with Crippen molar-refractivity contribution in [1.82, 2.24) is 9.88 Å². The zero-order valence-electron chi connectivity index (χ0n) is 18.1. The summed E-state index contributed by atoms with van der Waals surface area (Å²) in [5, 5.41) is 4.11. The number of hydrogen-bond acceptors (Lipinski definition) is 2. The van der Waals surface area contributed by atoms with Crippen LogP contribution in [0.25, 0.3) is 10.9 Å². The Hall–Kier alpha value is -3.86. The average molecular weight is 424 g/mol.